The van der Waals surface area contributed by atoms with E-state index in [0.29, 0.717) is 38.2 Å². The van der Waals surface area contributed by atoms with Crippen molar-refractivity contribution in [2.24, 2.45) is 7.05 Å². The van der Waals surface area contributed by atoms with Gasteiger partial charge in [-0.2, -0.15) is 5.26 Å². The highest BCUT2D eigenvalue weighted by Gasteiger charge is 2.18. The maximum absolute atomic E-state index is 13.1. The van der Waals surface area contributed by atoms with Crippen molar-refractivity contribution in [3.05, 3.63) is 68.7 Å². The predicted octanol–water partition coefficient (Wildman–Crippen LogP) is 4.06. The van der Waals surface area contributed by atoms with Crippen molar-refractivity contribution in [2.45, 2.75) is 0 Å². The first-order chi connectivity index (χ1) is 12.0. The van der Waals surface area contributed by atoms with Crippen LogP contribution in [0.5, 0.6) is 0 Å². The number of fused-ring (bicyclic) bond motifs is 3. The molecule has 0 aliphatic carbocycles. The lowest BCUT2D eigenvalue weighted by Gasteiger charge is -2.14. The number of rotatable bonds is 1. The van der Waals surface area contributed by atoms with Crippen LogP contribution in [0.25, 0.3) is 27.6 Å². The zero-order chi connectivity index (χ0) is 17.7. The first kappa shape index (κ1) is 15.7. The van der Waals surface area contributed by atoms with E-state index in [1.165, 1.54) is 4.57 Å². The molecule has 122 valence electrons. The number of nitriles is 1. The van der Waals surface area contributed by atoms with Gasteiger partial charge in [-0.1, -0.05) is 35.3 Å². The molecule has 4 aromatic rings. The van der Waals surface area contributed by atoms with Crippen molar-refractivity contribution in [3.8, 4) is 11.8 Å². The van der Waals surface area contributed by atoms with E-state index in [1.807, 2.05) is 0 Å². The third kappa shape index (κ3) is 2.23. The zero-order valence-corrected chi connectivity index (χ0v) is 14.5. The molecule has 0 unspecified atom stereocenters. The second-order valence-corrected chi connectivity index (χ2v) is 6.42. The molecule has 2 heterocycles. The van der Waals surface area contributed by atoms with E-state index >= 15 is 0 Å². The van der Waals surface area contributed by atoms with Gasteiger partial charge in [-0.3, -0.25) is 9.36 Å². The summed E-state index contributed by atoms with van der Waals surface area (Å²) in [5.74, 6) is 0. The van der Waals surface area contributed by atoms with Gasteiger partial charge >= 0.3 is 0 Å². The Morgan fingerprint density at radius 2 is 1.92 bits per heavy atom. The average molecular weight is 369 g/mol. The van der Waals surface area contributed by atoms with Crippen molar-refractivity contribution in [2.75, 3.05) is 0 Å². The van der Waals surface area contributed by atoms with Crippen LogP contribution in [0.15, 0.2) is 47.5 Å². The monoisotopic (exact) mass is 368 g/mol. The average Bonchev–Trinajstić information content (AvgIpc) is 2.98. The molecule has 0 aliphatic rings. The van der Waals surface area contributed by atoms with Gasteiger partial charge in [0.05, 0.1) is 38.7 Å². The van der Waals surface area contributed by atoms with Crippen molar-refractivity contribution < 1.29 is 0 Å². The molecule has 25 heavy (non-hydrogen) atoms. The standard InChI is InChI=1S/C18H10Cl2N4O/c1-23-9-22-16-17(23)11-6-10(8-21)13(20)7-15(11)24(18(16)25)14-5-3-2-4-12(14)19/h2-7,9H,1H3. The molecule has 0 atom stereocenters. The Morgan fingerprint density at radius 1 is 1.16 bits per heavy atom. The number of benzene rings is 2. The van der Waals surface area contributed by atoms with Crippen LogP contribution in [0.1, 0.15) is 5.56 Å². The molecule has 0 fully saturated rings. The van der Waals surface area contributed by atoms with Crippen molar-refractivity contribution in [1.82, 2.24) is 14.1 Å². The Bertz CT molecular complexity index is 1260. The predicted molar refractivity (Wildman–Crippen MR) is 98.6 cm³/mol. The summed E-state index contributed by atoms with van der Waals surface area (Å²) >= 11 is 12.5. The Hall–Kier alpha value is -2.81. The minimum atomic E-state index is -0.294. The smallest absolute Gasteiger partial charge is 0.283 e. The van der Waals surface area contributed by atoms with Crippen LogP contribution < -0.4 is 5.56 Å². The van der Waals surface area contributed by atoms with E-state index in [9.17, 15) is 10.1 Å². The highest BCUT2D eigenvalue weighted by atomic mass is 35.5. The molecule has 7 heteroatoms. The minimum absolute atomic E-state index is 0.275. The van der Waals surface area contributed by atoms with Gasteiger partial charge in [-0.15, -0.1) is 0 Å². The number of pyridine rings is 1. The van der Waals surface area contributed by atoms with Gasteiger partial charge < -0.3 is 4.57 Å². The molecule has 0 amide bonds. The van der Waals surface area contributed by atoms with Gasteiger partial charge in [-0.05, 0) is 24.3 Å². The summed E-state index contributed by atoms with van der Waals surface area (Å²) in [7, 11) is 1.80. The minimum Gasteiger partial charge on any atom is -0.333 e. The van der Waals surface area contributed by atoms with Crippen LogP contribution in [0.3, 0.4) is 0 Å². The van der Waals surface area contributed by atoms with Crippen LogP contribution >= 0.6 is 23.2 Å². The number of aryl methyl sites for hydroxylation is 1. The van der Waals surface area contributed by atoms with E-state index in [1.54, 1.807) is 54.3 Å². The molecular weight excluding hydrogens is 359 g/mol. The molecule has 0 saturated heterocycles. The Labute approximate surface area is 152 Å². The Morgan fingerprint density at radius 3 is 2.64 bits per heavy atom. The maximum Gasteiger partial charge on any atom is 0.283 e. The molecule has 0 bridgehead atoms. The first-order valence-corrected chi connectivity index (χ1v) is 8.13. The van der Waals surface area contributed by atoms with Gasteiger partial charge in [0.2, 0.25) is 0 Å². The van der Waals surface area contributed by atoms with Gasteiger partial charge in [0.15, 0.2) is 5.52 Å². The van der Waals surface area contributed by atoms with E-state index in [4.69, 9.17) is 23.2 Å². The highest BCUT2D eigenvalue weighted by molar-refractivity contribution is 6.33. The SMILES string of the molecule is Cn1cnc2c(=O)n(-c3ccccc3Cl)c3cc(Cl)c(C#N)cc3c21. The van der Waals surface area contributed by atoms with E-state index in [2.05, 4.69) is 11.1 Å². The van der Waals surface area contributed by atoms with Gasteiger partial charge in [-0.25, -0.2) is 4.98 Å². The summed E-state index contributed by atoms with van der Waals surface area (Å²) in [4.78, 5) is 17.3. The second kappa shape index (κ2) is 5.62. The fourth-order valence-corrected chi connectivity index (χ4v) is 3.44. The quantitative estimate of drug-likeness (QED) is 0.508. The molecule has 0 spiro atoms. The van der Waals surface area contributed by atoms with Crippen molar-refractivity contribution >= 4 is 45.1 Å². The molecule has 2 aromatic heterocycles. The first-order valence-electron chi connectivity index (χ1n) is 7.37. The third-order valence-electron chi connectivity index (χ3n) is 4.14. The largest absolute Gasteiger partial charge is 0.333 e. The van der Waals surface area contributed by atoms with Crippen molar-refractivity contribution in [1.29, 1.82) is 5.26 Å². The number of imidazole rings is 1. The molecule has 4 rings (SSSR count). The van der Waals surface area contributed by atoms with Gasteiger partial charge in [0.25, 0.3) is 5.56 Å². The van der Waals surface area contributed by atoms with Crippen LogP contribution in [0.4, 0.5) is 0 Å². The lowest BCUT2D eigenvalue weighted by molar-refractivity contribution is 0.950. The molecule has 2 aromatic carbocycles. The van der Waals surface area contributed by atoms with E-state index < -0.39 is 0 Å². The maximum atomic E-state index is 13.1. The number of hydrogen-bond acceptors (Lipinski definition) is 3. The zero-order valence-electron chi connectivity index (χ0n) is 13.0. The van der Waals surface area contributed by atoms with E-state index in [-0.39, 0.29) is 10.6 Å². The third-order valence-corrected chi connectivity index (χ3v) is 4.77. The topological polar surface area (TPSA) is 63.6 Å². The summed E-state index contributed by atoms with van der Waals surface area (Å²) in [6.45, 7) is 0. The lowest BCUT2D eigenvalue weighted by Crippen LogP contribution is -2.20. The summed E-state index contributed by atoms with van der Waals surface area (Å²) in [5, 5.41) is 10.7. The Balaban J connectivity index is 2.32. The number of hydrogen-bond donors (Lipinski definition) is 0. The van der Waals surface area contributed by atoms with Crippen LogP contribution in [0, 0.1) is 11.3 Å². The number of aromatic nitrogens is 3. The normalized spacial score (nSPS) is 11.1. The summed E-state index contributed by atoms with van der Waals surface area (Å²) < 4.78 is 3.24. The molecule has 0 aliphatic heterocycles. The molecule has 5 nitrogen and oxygen atoms in total. The molecule has 0 saturated carbocycles. The molecule has 0 N–H and O–H groups in total. The fourth-order valence-electron chi connectivity index (χ4n) is 3.01. The summed E-state index contributed by atoms with van der Waals surface area (Å²) in [6.07, 6.45) is 1.57. The lowest BCUT2D eigenvalue weighted by atomic mass is 10.1. The van der Waals surface area contributed by atoms with Gasteiger partial charge in [0, 0.05) is 12.4 Å². The number of nitrogens with zero attached hydrogens (tertiary/aromatic N) is 4. The number of para-hydroxylation sites is 1. The van der Waals surface area contributed by atoms with E-state index in [0.717, 1.165) is 0 Å². The molecular formula is C18H10Cl2N4O. The fraction of sp³-hybridized carbons (Fsp3) is 0.0556. The van der Waals surface area contributed by atoms with Crippen molar-refractivity contribution in [3.63, 3.8) is 0 Å². The van der Waals surface area contributed by atoms with Crippen LogP contribution in [-0.4, -0.2) is 14.1 Å². The van der Waals surface area contributed by atoms with Crippen LogP contribution in [-0.2, 0) is 7.05 Å². The second-order valence-electron chi connectivity index (χ2n) is 5.61. The summed E-state index contributed by atoms with van der Waals surface area (Å²) in [6, 6.07) is 12.4. The Kier molecular flexibility index (Phi) is 3.53. The van der Waals surface area contributed by atoms with Crippen LogP contribution in [0.2, 0.25) is 10.0 Å². The number of halogens is 2. The van der Waals surface area contributed by atoms with Gasteiger partial charge in [0.1, 0.15) is 6.07 Å². The molecule has 0 radical (unpaired) electrons. The highest BCUT2D eigenvalue weighted by Crippen LogP contribution is 2.31. The summed E-state index contributed by atoms with van der Waals surface area (Å²) in [5.41, 5.74) is 2.10.